The fourth-order valence-electron chi connectivity index (χ4n) is 3.40. The molecule has 6 nitrogen and oxygen atoms in total. The molecule has 12 heteroatoms. The quantitative estimate of drug-likeness (QED) is 0.305. The van der Waals surface area contributed by atoms with E-state index in [0.29, 0.717) is 29.7 Å². The van der Waals surface area contributed by atoms with Crippen LogP contribution in [0, 0.1) is 11.6 Å². The number of ether oxygens (including phenoxy) is 2. The Labute approximate surface area is 213 Å². The molecule has 2 N–H and O–H groups in total. The molecule has 0 aromatic heterocycles. The SMILES string of the molecule is CCc1cc(NC(=O)NC(=O)c2c(F)cccc2F)cc(CC)c1Oc1ccc(OC(F)(F)F)cc1Cl. The Morgan fingerprint density at radius 2 is 1.54 bits per heavy atom. The van der Waals surface area contributed by atoms with Crippen LogP contribution < -0.4 is 20.1 Å². The molecule has 0 saturated carbocycles. The number of aryl methyl sites for hydroxylation is 2. The molecule has 0 aliphatic heterocycles. The Balaban J connectivity index is 1.81. The Morgan fingerprint density at radius 3 is 2.05 bits per heavy atom. The van der Waals surface area contributed by atoms with Gasteiger partial charge in [0.25, 0.3) is 5.91 Å². The van der Waals surface area contributed by atoms with E-state index in [4.69, 9.17) is 16.3 Å². The number of hydrogen-bond acceptors (Lipinski definition) is 4. The lowest BCUT2D eigenvalue weighted by molar-refractivity contribution is -0.274. The molecule has 3 aromatic rings. The van der Waals surface area contributed by atoms with Crippen molar-refractivity contribution < 1.29 is 41.0 Å². The largest absolute Gasteiger partial charge is 0.573 e. The average molecular weight is 543 g/mol. The second-order valence-corrected chi connectivity index (χ2v) is 7.98. The fraction of sp³-hybridized carbons (Fsp3) is 0.200. The summed E-state index contributed by atoms with van der Waals surface area (Å²) in [4.78, 5) is 24.5. The van der Waals surface area contributed by atoms with Gasteiger partial charge in [0.1, 0.15) is 34.4 Å². The zero-order valence-electron chi connectivity index (χ0n) is 19.4. The lowest BCUT2D eigenvalue weighted by Gasteiger charge is -2.18. The van der Waals surface area contributed by atoms with E-state index < -0.39 is 41.2 Å². The Morgan fingerprint density at radius 1 is 0.946 bits per heavy atom. The third kappa shape index (κ3) is 7.10. The summed E-state index contributed by atoms with van der Waals surface area (Å²) in [6.07, 6.45) is -4.03. The predicted octanol–water partition coefficient (Wildman–Crippen LogP) is 7.40. The van der Waals surface area contributed by atoms with Gasteiger partial charge in [-0.2, -0.15) is 0 Å². The van der Waals surface area contributed by atoms with Gasteiger partial charge in [0.2, 0.25) is 0 Å². The monoisotopic (exact) mass is 542 g/mol. The van der Waals surface area contributed by atoms with Crippen LogP contribution in [-0.4, -0.2) is 18.3 Å². The van der Waals surface area contributed by atoms with Gasteiger partial charge in [-0.25, -0.2) is 13.6 Å². The van der Waals surface area contributed by atoms with E-state index in [9.17, 15) is 31.5 Å². The second-order valence-electron chi connectivity index (χ2n) is 7.58. The number of halogens is 6. The minimum atomic E-state index is -4.88. The van der Waals surface area contributed by atoms with Crippen molar-refractivity contribution in [3.8, 4) is 17.2 Å². The normalized spacial score (nSPS) is 11.1. The van der Waals surface area contributed by atoms with Crippen LogP contribution in [0.1, 0.15) is 35.3 Å². The Hall–Kier alpha value is -3.86. The molecule has 0 aliphatic carbocycles. The molecule has 0 radical (unpaired) electrons. The number of carbonyl (C=O) groups is 2. The minimum Gasteiger partial charge on any atom is -0.455 e. The molecular weight excluding hydrogens is 523 g/mol. The van der Waals surface area contributed by atoms with Crippen molar-refractivity contribution in [3.05, 3.63) is 81.9 Å². The topological polar surface area (TPSA) is 76.7 Å². The molecule has 0 aliphatic rings. The van der Waals surface area contributed by atoms with Gasteiger partial charge in [-0.3, -0.25) is 10.1 Å². The van der Waals surface area contributed by atoms with E-state index in [-0.39, 0.29) is 16.5 Å². The number of urea groups is 1. The van der Waals surface area contributed by atoms with Crippen LogP contribution in [0.4, 0.5) is 32.4 Å². The van der Waals surface area contributed by atoms with Gasteiger partial charge < -0.3 is 14.8 Å². The molecule has 37 heavy (non-hydrogen) atoms. The summed E-state index contributed by atoms with van der Waals surface area (Å²) >= 11 is 6.10. The number of benzene rings is 3. The molecule has 196 valence electrons. The highest BCUT2D eigenvalue weighted by Gasteiger charge is 2.31. The summed E-state index contributed by atoms with van der Waals surface area (Å²) in [5.41, 5.74) is 0.578. The Kier molecular flexibility index (Phi) is 8.59. The number of amides is 3. The maximum absolute atomic E-state index is 13.8. The number of carbonyl (C=O) groups excluding carboxylic acids is 2. The molecular formula is C25H20ClF5N2O4. The predicted molar refractivity (Wildman–Crippen MR) is 126 cm³/mol. The number of imide groups is 1. The summed E-state index contributed by atoms with van der Waals surface area (Å²) in [6.45, 7) is 3.61. The molecule has 0 bridgehead atoms. The van der Waals surface area contributed by atoms with E-state index in [1.165, 1.54) is 6.07 Å². The van der Waals surface area contributed by atoms with Crippen molar-refractivity contribution in [3.63, 3.8) is 0 Å². The van der Waals surface area contributed by atoms with Gasteiger partial charge in [0.05, 0.1) is 5.02 Å². The lowest BCUT2D eigenvalue weighted by Crippen LogP contribution is -2.35. The number of alkyl halides is 3. The number of nitrogens with one attached hydrogen (secondary N) is 2. The smallest absolute Gasteiger partial charge is 0.455 e. The van der Waals surface area contributed by atoms with Crippen molar-refractivity contribution in [1.29, 1.82) is 0 Å². The van der Waals surface area contributed by atoms with Crippen molar-refractivity contribution in [2.24, 2.45) is 0 Å². The summed E-state index contributed by atoms with van der Waals surface area (Å²) in [7, 11) is 0. The zero-order valence-corrected chi connectivity index (χ0v) is 20.2. The van der Waals surface area contributed by atoms with Crippen LogP contribution in [0.15, 0.2) is 48.5 Å². The molecule has 0 spiro atoms. The maximum Gasteiger partial charge on any atom is 0.573 e. The van der Waals surface area contributed by atoms with Gasteiger partial charge >= 0.3 is 12.4 Å². The van der Waals surface area contributed by atoms with E-state index >= 15 is 0 Å². The van der Waals surface area contributed by atoms with E-state index in [2.05, 4.69) is 10.1 Å². The first-order valence-electron chi connectivity index (χ1n) is 10.9. The van der Waals surface area contributed by atoms with Crippen LogP contribution in [0.2, 0.25) is 5.02 Å². The van der Waals surface area contributed by atoms with Crippen LogP contribution in [-0.2, 0) is 12.8 Å². The van der Waals surface area contributed by atoms with E-state index in [1.54, 1.807) is 26.0 Å². The van der Waals surface area contributed by atoms with Crippen molar-refractivity contribution in [2.45, 2.75) is 33.1 Å². The Bertz CT molecular complexity index is 1290. The first kappa shape index (κ1) is 27.7. The van der Waals surface area contributed by atoms with Crippen LogP contribution >= 0.6 is 11.6 Å². The average Bonchev–Trinajstić information content (AvgIpc) is 2.79. The highest BCUT2D eigenvalue weighted by atomic mass is 35.5. The van der Waals surface area contributed by atoms with Gasteiger partial charge in [0.15, 0.2) is 0 Å². The van der Waals surface area contributed by atoms with E-state index in [0.717, 1.165) is 30.3 Å². The molecule has 0 fully saturated rings. The molecule has 0 atom stereocenters. The third-order valence-corrected chi connectivity index (χ3v) is 5.32. The number of rotatable bonds is 7. The maximum atomic E-state index is 13.8. The number of anilines is 1. The van der Waals surface area contributed by atoms with Crippen LogP contribution in [0.3, 0.4) is 0 Å². The summed E-state index contributed by atoms with van der Waals surface area (Å²) in [6, 6.07) is 8.20. The highest BCUT2D eigenvalue weighted by Crippen LogP contribution is 2.38. The van der Waals surface area contributed by atoms with Crippen LogP contribution in [0.25, 0.3) is 0 Å². The molecule has 0 unspecified atom stereocenters. The highest BCUT2D eigenvalue weighted by molar-refractivity contribution is 6.32. The standard InChI is InChI=1S/C25H20ClF5N2O4/c1-3-13-10-15(32-24(35)33-23(34)21-18(27)6-5-7-19(21)28)11-14(4-2)22(13)36-20-9-8-16(12-17(20)26)37-25(29,30)31/h5-12H,3-4H2,1-2H3,(H2,32,33,34,35). The van der Waals surface area contributed by atoms with Crippen molar-refractivity contribution >= 4 is 29.2 Å². The number of hydrogen-bond donors (Lipinski definition) is 2. The summed E-state index contributed by atoms with van der Waals surface area (Å²) < 4.78 is 74.7. The summed E-state index contributed by atoms with van der Waals surface area (Å²) in [5.74, 6) is -3.54. The zero-order chi connectivity index (χ0) is 27.3. The first-order valence-corrected chi connectivity index (χ1v) is 11.2. The molecule has 3 amide bonds. The van der Waals surface area contributed by atoms with Gasteiger partial charge in [-0.1, -0.05) is 31.5 Å². The first-order chi connectivity index (χ1) is 17.4. The minimum absolute atomic E-state index is 0.0801. The molecule has 3 rings (SSSR count). The summed E-state index contributed by atoms with van der Waals surface area (Å²) in [5, 5.41) is 4.20. The second kappa shape index (κ2) is 11.5. The molecule has 0 heterocycles. The third-order valence-electron chi connectivity index (χ3n) is 5.03. The molecule has 3 aromatic carbocycles. The van der Waals surface area contributed by atoms with Crippen molar-refractivity contribution in [2.75, 3.05) is 5.32 Å². The van der Waals surface area contributed by atoms with E-state index in [1.807, 2.05) is 5.32 Å². The van der Waals surface area contributed by atoms with Gasteiger partial charge in [0, 0.05) is 11.8 Å². The van der Waals surface area contributed by atoms with Crippen LogP contribution in [0.5, 0.6) is 17.2 Å². The lowest BCUT2D eigenvalue weighted by atomic mass is 10.0. The van der Waals surface area contributed by atoms with Gasteiger partial charge in [-0.15, -0.1) is 13.2 Å². The van der Waals surface area contributed by atoms with Crippen molar-refractivity contribution in [1.82, 2.24) is 5.32 Å². The fourth-order valence-corrected chi connectivity index (χ4v) is 3.61. The van der Waals surface area contributed by atoms with Gasteiger partial charge in [-0.05, 0) is 60.4 Å². The molecule has 0 saturated heterocycles.